The van der Waals surface area contributed by atoms with Gasteiger partial charge in [-0.3, -0.25) is 0 Å². The number of benzene rings is 1. The highest BCUT2D eigenvalue weighted by Gasteiger charge is 2.05. The Bertz CT molecular complexity index is 690. The standard InChI is InChI=1S/C21H31N3O3.HI/c1-4-26-13-6-11-22-21(23-12-10-19-7-5-14-27-19)24-16-18-9-8-17(2)15-20(18)25-3;/h5,7-9,14-15H,4,6,10-13,16H2,1-3H3,(H2,22,23,24);1H. The van der Waals surface area contributed by atoms with Gasteiger partial charge in [0.1, 0.15) is 11.5 Å². The van der Waals surface area contributed by atoms with Crippen LogP contribution in [0.2, 0.25) is 0 Å². The molecule has 0 unspecified atom stereocenters. The van der Waals surface area contributed by atoms with Crippen molar-refractivity contribution in [2.75, 3.05) is 33.4 Å². The molecule has 0 spiro atoms. The molecule has 0 bridgehead atoms. The van der Waals surface area contributed by atoms with E-state index in [4.69, 9.17) is 18.9 Å². The van der Waals surface area contributed by atoms with Gasteiger partial charge >= 0.3 is 0 Å². The summed E-state index contributed by atoms with van der Waals surface area (Å²) in [5.41, 5.74) is 2.23. The Morgan fingerprint density at radius 3 is 2.71 bits per heavy atom. The molecule has 6 nitrogen and oxygen atoms in total. The third-order valence-corrected chi connectivity index (χ3v) is 4.06. The number of nitrogens with one attached hydrogen (secondary N) is 2. The maximum absolute atomic E-state index is 5.47. The highest BCUT2D eigenvalue weighted by Crippen LogP contribution is 2.20. The second-order valence-electron chi connectivity index (χ2n) is 6.21. The molecule has 0 aliphatic rings. The van der Waals surface area contributed by atoms with Gasteiger partial charge in [-0.1, -0.05) is 12.1 Å². The molecule has 0 saturated heterocycles. The minimum Gasteiger partial charge on any atom is -0.496 e. The van der Waals surface area contributed by atoms with E-state index in [2.05, 4.69) is 29.7 Å². The zero-order chi connectivity index (χ0) is 19.3. The molecule has 0 atom stereocenters. The van der Waals surface area contributed by atoms with Gasteiger partial charge in [-0.15, -0.1) is 24.0 Å². The first-order valence-electron chi connectivity index (χ1n) is 9.48. The molecule has 2 rings (SSSR count). The molecule has 0 aliphatic heterocycles. The summed E-state index contributed by atoms with van der Waals surface area (Å²) in [4.78, 5) is 4.71. The molecular formula is C21H32IN3O3. The lowest BCUT2D eigenvalue weighted by molar-refractivity contribution is 0.145. The Morgan fingerprint density at radius 1 is 1.18 bits per heavy atom. The molecule has 28 heavy (non-hydrogen) atoms. The summed E-state index contributed by atoms with van der Waals surface area (Å²) in [7, 11) is 1.69. The van der Waals surface area contributed by atoms with Gasteiger partial charge in [0.15, 0.2) is 5.96 Å². The van der Waals surface area contributed by atoms with Crippen molar-refractivity contribution in [3.63, 3.8) is 0 Å². The molecule has 0 amide bonds. The van der Waals surface area contributed by atoms with Crippen LogP contribution in [0.1, 0.15) is 30.2 Å². The van der Waals surface area contributed by atoms with Gasteiger partial charge in [0.25, 0.3) is 0 Å². The smallest absolute Gasteiger partial charge is 0.191 e. The molecule has 0 fully saturated rings. The third kappa shape index (κ3) is 8.97. The number of nitrogens with zero attached hydrogens (tertiary/aromatic N) is 1. The Labute approximate surface area is 185 Å². The predicted molar refractivity (Wildman–Crippen MR) is 124 cm³/mol. The summed E-state index contributed by atoms with van der Waals surface area (Å²) >= 11 is 0. The first-order chi connectivity index (χ1) is 13.2. The van der Waals surface area contributed by atoms with Crippen LogP contribution in [0.4, 0.5) is 0 Å². The van der Waals surface area contributed by atoms with E-state index >= 15 is 0 Å². The van der Waals surface area contributed by atoms with E-state index in [-0.39, 0.29) is 24.0 Å². The molecular weight excluding hydrogens is 469 g/mol. The first-order valence-corrected chi connectivity index (χ1v) is 9.48. The summed E-state index contributed by atoms with van der Waals surface area (Å²) in [5.74, 6) is 2.60. The van der Waals surface area contributed by atoms with Crippen LogP contribution in [0, 0.1) is 6.92 Å². The van der Waals surface area contributed by atoms with Crippen LogP contribution in [0.15, 0.2) is 46.0 Å². The fraction of sp³-hybridized carbons (Fsp3) is 0.476. The lowest BCUT2D eigenvalue weighted by atomic mass is 10.1. The van der Waals surface area contributed by atoms with Gasteiger partial charge in [-0.2, -0.15) is 0 Å². The van der Waals surface area contributed by atoms with Crippen molar-refractivity contribution in [1.29, 1.82) is 0 Å². The summed E-state index contributed by atoms with van der Waals surface area (Å²) in [6.45, 7) is 7.64. The first kappa shape index (κ1) is 24.3. The van der Waals surface area contributed by atoms with Crippen molar-refractivity contribution >= 4 is 29.9 Å². The number of aryl methyl sites for hydroxylation is 1. The van der Waals surface area contributed by atoms with Crippen LogP contribution >= 0.6 is 24.0 Å². The van der Waals surface area contributed by atoms with E-state index in [1.165, 1.54) is 5.56 Å². The van der Waals surface area contributed by atoms with E-state index in [1.807, 2.05) is 25.1 Å². The second kappa shape index (κ2) is 14.3. The Kier molecular flexibility index (Phi) is 12.4. The van der Waals surface area contributed by atoms with Crippen LogP contribution in [-0.2, 0) is 17.7 Å². The summed E-state index contributed by atoms with van der Waals surface area (Å²) < 4.78 is 16.2. The van der Waals surface area contributed by atoms with Crippen LogP contribution in [-0.4, -0.2) is 39.4 Å². The topological polar surface area (TPSA) is 68.0 Å². The average Bonchev–Trinajstić information content (AvgIpc) is 3.19. The van der Waals surface area contributed by atoms with Gasteiger partial charge in [-0.25, -0.2) is 4.99 Å². The molecule has 2 aromatic rings. The predicted octanol–water partition coefficient (Wildman–Crippen LogP) is 3.92. The molecule has 0 radical (unpaired) electrons. The Hall–Kier alpha value is -1.74. The molecule has 7 heteroatoms. The van der Waals surface area contributed by atoms with Gasteiger partial charge in [0.2, 0.25) is 0 Å². The number of furan rings is 1. The van der Waals surface area contributed by atoms with Crippen LogP contribution in [0.25, 0.3) is 0 Å². The van der Waals surface area contributed by atoms with Crippen molar-refractivity contribution in [1.82, 2.24) is 10.6 Å². The highest BCUT2D eigenvalue weighted by molar-refractivity contribution is 14.0. The average molecular weight is 501 g/mol. The molecule has 156 valence electrons. The van der Waals surface area contributed by atoms with Gasteiger partial charge in [-0.05, 0) is 44.0 Å². The van der Waals surface area contributed by atoms with Gasteiger partial charge in [0.05, 0.1) is 19.9 Å². The number of guanidine groups is 1. The molecule has 0 aliphatic carbocycles. The van der Waals surface area contributed by atoms with Crippen molar-refractivity contribution in [3.05, 3.63) is 53.5 Å². The Morgan fingerprint density at radius 2 is 2.00 bits per heavy atom. The quantitative estimate of drug-likeness (QED) is 0.212. The number of rotatable bonds is 11. The summed E-state index contributed by atoms with van der Waals surface area (Å²) in [6, 6.07) is 10.1. The van der Waals surface area contributed by atoms with E-state index in [0.717, 1.165) is 62.2 Å². The largest absolute Gasteiger partial charge is 0.496 e. The van der Waals surface area contributed by atoms with Crippen LogP contribution in [0.3, 0.4) is 0 Å². The van der Waals surface area contributed by atoms with Gasteiger partial charge in [0, 0.05) is 38.3 Å². The minimum absolute atomic E-state index is 0. The van der Waals surface area contributed by atoms with Crippen molar-refractivity contribution < 1.29 is 13.9 Å². The zero-order valence-electron chi connectivity index (χ0n) is 17.0. The summed E-state index contributed by atoms with van der Waals surface area (Å²) in [6.07, 6.45) is 3.43. The van der Waals surface area contributed by atoms with Crippen molar-refractivity contribution in [2.24, 2.45) is 4.99 Å². The lowest BCUT2D eigenvalue weighted by Crippen LogP contribution is -2.39. The molecule has 1 aromatic heterocycles. The van der Waals surface area contributed by atoms with E-state index in [9.17, 15) is 0 Å². The molecule has 2 N–H and O–H groups in total. The normalized spacial score (nSPS) is 11.0. The number of ether oxygens (including phenoxy) is 2. The fourth-order valence-electron chi connectivity index (χ4n) is 2.61. The van der Waals surface area contributed by atoms with E-state index in [1.54, 1.807) is 13.4 Å². The van der Waals surface area contributed by atoms with Crippen LogP contribution in [0.5, 0.6) is 5.75 Å². The minimum atomic E-state index is 0. The van der Waals surface area contributed by atoms with Crippen LogP contribution < -0.4 is 15.4 Å². The number of aliphatic imine (C=N–C) groups is 1. The van der Waals surface area contributed by atoms with Crippen molar-refractivity contribution in [3.8, 4) is 5.75 Å². The monoisotopic (exact) mass is 501 g/mol. The number of methoxy groups -OCH3 is 1. The zero-order valence-corrected chi connectivity index (χ0v) is 19.3. The second-order valence-corrected chi connectivity index (χ2v) is 6.21. The maximum atomic E-state index is 5.47. The molecule has 1 aromatic carbocycles. The number of hydrogen-bond donors (Lipinski definition) is 2. The molecule has 0 saturated carbocycles. The molecule has 1 heterocycles. The van der Waals surface area contributed by atoms with Crippen molar-refractivity contribution in [2.45, 2.75) is 33.2 Å². The van der Waals surface area contributed by atoms with Gasteiger partial charge < -0.3 is 24.5 Å². The van der Waals surface area contributed by atoms with E-state index < -0.39 is 0 Å². The Balaban J connectivity index is 0.00000392. The SMILES string of the molecule is CCOCCCNC(=NCc1ccc(C)cc1OC)NCCc1ccco1.I. The lowest BCUT2D eigenvalue weighted by Gasteiger charge is -2.13. The van der Waals surface area contributed by atoms with E-state index in [0.29, 0.717) is 6.54 Å². The highest BCUT2D eigenvalue weighted by atomic mass is 127. The number of hydrogen-bond acceptors (Lipinski definition) is 4. The summed E-state index contributed by atoms with van der Waals surface area (Å²) in [5, 5.41) is 6.73. The number of halogens is 1. The maximum Gasteiger partial charge on any atom is 0.191 e. The third-order valence-electron chi connectivity index (χ3n) is 4.06. The fourth-order valence-corrected chi connectivity index (χ4v) is 2.61.